The Morgan fingerprint density at radius 3 is 2.43 bits per heavy atom. The molecule has 0 rings (SSSR count). The highest BCUT2D eigenvalue weighted by Gasteiger charge is 1.90. The maximum atomic E-state index is 6.95. The lowest BCUT2D eigenvalue weighted by Gasteiger charge is -1.97. The normalized spacial score (nSPS) is 14.1. The molecule has 1 unspecified atom stereocenters. The number of nitrogens with one attached hydrogen (secondary N) is 1. The molecule has 0 heterocycles. The van der Waals surface area contributed by atoms with Gasteiger partial charge in [-0.15, -0.1) is 0 Å². The van der Waals surface area contributed by atoms with Crippen LogP contribution in [0.15, 0.2) is 0 Å². The van der Waals surface area contributed by atoms with Crippen LogP contribution in [0.25, 0.3) is 0 Å². The largest absolute Gasteiger partial charge is 0.244 e. The SMILES string of the molecule is CCCCC([NH])S. The van der Waals surface area contributed by atoms with Gasteiger partial charge in [0.15, 0.2) is 0 Å². The molecule has 0 aromatic rings. The minimum atomic E-state index is -0.153. The van der Waals surface area contributed by atoms with Gasteiger partial charge >= 0.3 is 0 Å². The summed E-state index contributed by atoms with van der Waals surface area (Å²) in [6.45, 7) is 2.12. The highest BCUT2D eigenvalue weighted by Crippen LogP contribution is 2.00. The van der Waals surface area contributed by atoms with Crippen molar-refractivity contribution in [3.8, 4) is 0 Å². The van der Waals surface area contributed by atoms with Crippen LogP contribution in [0.4, 0.5) is 0 Å². The minimum absolute atomic E-state index is 0.153. The lowest BCUT2D eigenvalue weighted by molar-refractivity contribution is 0.691. The predicted molar refractivity (Wildman–Crippen MR) is 35.4 cm³/mol. The van der Waals surface area contributed by atoms with Crippen LogP contribution in [0.1, 0.15) is 26.2 Å². The van der Waals surface area contributed by atoms with Crippen molar-refractivity contribution in [1.82, 2.24) is 5.73 Å². The van der Waals surface area contributed by atoms with Crippen molar-refractivity contribution in [1.29, 1.82) is 0 Å². The van der Waals surface area contributed by atoms with Crippen molar-refractivity contribution in [3.05, 3.63) is 0 Å². The highest BCUT2D eigenvalue weighted by atomic mass is 32.1. The summed E-state index contributed by atoms with van der Waals surface area (Å²) in [5, 5.41) is -0.153. The van der Waals surface area contributed by atoms with E-state index >= 15 is 0 Å². The Bertz CT molecular complexity index is 37.1. The Morgan fingerprint density at radius 2 is 2.29 bits per heavy atom. The zero-order chi connectivity index (χ0) is 5.70. The molecule has 0 bridgehead atoms. The Morgan fingerprint density at radius 1 is 1.71 bits per heavy atom. The zero-order valence-corrected chi connectivity index (χ0v) is 5.54. The lowest BCUT2D eigenvalue weighted by atomic mass is 10.2. The van der Waals surface area contributed by atoms with Crippen molar-refractivity contribution in [2.24, 2.45) is 0 Å². The van der Waals surface area contributed by atoms with Crippen LogP contribution in [0.3, 0.4) is 0 Å². The minimum Gasteiger partial charge on any atom is -0.244 e. The Labute approximate surface area is 50.7 Å². The average molecular weight is 118 g/mol. The summed E-state index contributed by atoms with van der Waals surface area (Å²) >= 11 is 3.90. The molecular formula is C5H12NS. The molecule has 0 spiro atoms. The fraction of sp³-hybridized carbons (Fsp3) is 1.00. The molecule has 1 N–H and O–H groups in total. The molecule has 1 atom stereocenters. The highest BCUT2D eigenvalue weighted by molar-refractivity contribution is 7.80. The third-order valence-corrected chi connectivity index (χ3v) is 1.09. The standard InChI is InChI=1S/C5H12NS/c1-2-3-4-5(6)7/h5-7H,2-4H2,1H3. The lowest BCUT2D eigenvalue weighted by Crippen LogP contribution is -1.96. The van der Waals surface area contributed by atoms with Crippen LogP contribution in [-0.2, 0) is 0 Å². The molecule has 0 aromatic carbocycles. The summed E-state index contributed by atoms with van der Waals surface area (Å²) < 4.78 is 0. The first-order valence-corrected chi connectivity index (χ1v) is 3.18. The van der Waals surface area contributed by atoms with Crippen molar-refractivity contribution < 1.29 is 0 Å². The van der Waals surface area contributed by atoms with Crippen LogP contribution in [0.5, 0.6) is 0 Å². The van der Waals surface area contributed by atoms with Crippen molar-refractivity contribution >= 4 is 12.6 Å². The van der Waals surface area contributed by atoms with Gasteiger partial charge in [0.05, 0.1) is 5.37 Å². The summed E-state index contributed by atoms with van der Waals surface area (Å²) in [6.07, 6.45) is 3.24. The number of rotatable bonds is 3. The van der Waals surface area contributed by atoms with Crippen LogP contribution < -0.4 is 5.73 Å². The van der Waals surface area contributed by atoms with Gasteiger partial charge in [-0.05, 0) is 6.42 Å². The molecule has 0 aliphatic heterocycles. The van der Waals surface area contributed by atoms with Crippen LogP contribution in [-0.4, -0.2) is 5.37 Å². The fourth-order valence-corrected chi connectivity index (χ4v) is 0.580. The van der Waals surface area contributed by atoms with Gasteiger partial charge in [0.25, 0.3) is 0 Å². The third kappa shape index (κ3) is 6.31. The molecule has 1 radical (unpaired) electrons. The number of unbranched alkanes of at least 4 members (excludes halogenated alkanes) is 1. The Kier molecular flexibility index (Phi) is 4.67. The van der Waals surface area contributed by atoms with Crippen LogP contribution in [0.2, 0.25) is 0 Å². The Balaban J connectivity index is 2.68. The number of hydrogen-bond acceptors (Lipinski definition) is 1. The molecule has 0 aliphatic rings. The van der Waals surface area contributed by atoms with Crippen molar-refractivity contribution in [3.63, 3.8) is 0 Å². The molecule has 0 amide bonds. The van der Waals surface area contributed by atoms with E-state index in [1.807, 2.05) is 0 Å². The molecule has 0 fully saturated rings. The summed E-state index contributed by atoms with van der Waals surface area (Å²) in [7, 11) is 0. The molecule has 7 heavy (non-hydrogen) atoms. The molecule has 0 saturated heterocycles. The molecule has 43 valence electrons. The van der Waals surface area contributed by atoms with Crippen molar-refractivity contribution in [2.75, 3.05) is 0 Å². The van der Waals surface area contributed by atoms with Crippen LogP contribution >= 0.6 is 12.6 Å². The molecule has 1 nitrogen and oxygen atoms in total. The second-order valence-electron chi connectivity index (χ2n) is 1.66. The average Bonchev–Trinajstić information content (AvgIpc) is 1.61. The third-order valence-electron chi connectivity index (χ3n) is 0.831. The van der Waals surface area contributed by atoms with E-state index in [1.54, 1.807) is 0 Å². The number of hydrogen-bond donors (Lipinski definition) is 1. The van der Waals surface area contributed by atoms with Gasteiger partial charge in [0, 0.05) is 0 Å². The second kappa shape index (κ2) is 4.47. The zero-order valence-electron chi connectivity index (χ0n) is 4.65. The number of thiol groups is 1. The van der Waals surface area contributed by atoms with E-state index in [2.05, 4.69) is 19.6 Å². The summed E-state index contributed by atoms with van der Waals surface area (Å²) in [4.78, 5) is 0. The first kappa shape index (κ1) is 7.31. The monoisotopic (exact) mass is 118 g/mol. The topological polar surface area (TPSA) is 23.8 Å². The summed E-state index contributed by atoms with van der Waals surface area (Å²) in [5.74, 6) is 0. The maximum absolute atomic E-state index is 6.95. The predicted octanol–water partition coefficient (Wildman–Crippen LogP) is 1.72. The fourth-order valence-electron chi connectivity index (χ4n) is 0.397. The maximum Gasteiger partial charge on any atom is 0.0637 e. The first-order chi connectivity index (χ1) is 3.27. The first-order valence-electron chi connectivity index (χ1n) is 2.66. The summed E-state index contributed by atoms with van der Waals surface area (Å²) in [6, 6.07) is 0. The molecule has 2 heteroatoms. The van der Waals surface area contributed by atoms with E-state index in [1.165, 1.54) is 6.42 Å². The van der Waals surface area contributed by atoms with Gasteiger partial charge in [-0.25, -0.2) is 5.73 Å². The summed E-state index contributed by atoms with van der Waals surface area (Å²) in [5.41, 5.74) is 6.95. The van der Waals surface area contributed by atoms with E-state index in [0.717, 1.165) is 12.8 Å². The second-order valence-corrected chi connectivity index (χ2v) is 2.28. The molecular weight excluding hydrogens is 106 g/mol. The quantitative estimate of drug-likeness (QED) is 0.545. The Hall–Kier alpha value is 0.310. The van der Waals surface area contributed by atoms with Gasteiger partial charge in [-0.2, -0.15) is 12.6 Å². The molecule has 0 saturated carbocycles. The molecule has 0 aromatic heterocycles. The van der Waals surface area contributed by atoms with Crippen LogP contribution in [0, 0.1) is 0 Å². The smallest absolute Gasteiger partial charge is 0.0637 e. The van der Waals surface area contributed by atoms with Gasteiger partial charge in [0.1, 0.15) is 0 Å². The van der Waals surface area contributed by atoms with Gasteiger partial charge in [-0.3, -0.25) is 0 Å². The van der Waals surface area contributed by atoms with E-state index < -0.39 is 0 Å². The van der Waals surface area contributed by atoms with E-state index in [0.29, 0.717) is 0 Å². The van der Waals surface area contributed by atoms with Crippen molar-refractivity contribution in [2.45, 2.75) is 31.6 Å². The van der Waals surface area contributed by atoms with E-state index in [4.69, 9.17) is 5.73 Å². The van der Waals surface area contributed by atoms with Gasteiger partial charge in [0.2, 0.25) is 0 Å². The van der Waals surface area contributed by atoms with E-state index in [-0.39, 0.29) is 5.37 Å². The van der Waals surface area contributed by atoms with Gasteiger partial charge in [-0.1, -0.05) is 19.8 Å². The van der Waals surface area contributed by atoms with E-state index in [9.17, 15) is 0 Å². The van der Waals surface area contributed by atoms with Gasteiger partial charge < -0.3 is 0 Å². The molecule has 0 aliphatic carbocycles.